The van der Waals surface area contributed by atoms with E-state index in [0.29, 0.717) is 0 Å². The monoisotopic (exact) mass is 198 g/mol. The molecule has 1 atom stereocenters. The zero-order valence-electron chi connectivity index (χ0n) is 9.26. The van der Waals surface area contributed by atoms with Crippen molar-refractivity contribution >= 4 is 11.8 Å². The fourth-order valence-corrected chi connectivity index (χ4v) is 1.39. The topological polar surface area (TPSA) is 49.4 Å². The van der Waals surface area contributed by atoms with E-state index in [4.69, 9.17) is 0 Å². The molecule has 0 saturated carbocycles. The van der Waals surface area contributed by atoms with Crippen LogP contribution in [0.4, 0.5) is 0 Å². The van der Waals surface area contributed by atoms with Crippen molar-refractivity contribution in [3.63, 3.8) is 0 Å². The van der Waals surface area contributed by atoms with Crippen LogP contribution in [-0.4, -0.2) is 35.8 Å². The number of carbonyl (C=O) groups excluding carboxylic acids is 2. The SMILES string of the molecule is CC(N1CC(=O)NCC1=O)C(C)(C)C. The smallest absolute Gasteiger partial charge is 0.242 e. The van der Waals surface area contributed by atoms with Crippen LogP contribution >= 0.6 is 0 Å². The standard InChI is InChI=1S/C10H18N2O2/c1-7(10(2,3)4)12-6-8(13)11-5-9(12)14/h7H,5-6H2,1-4H3,(H,11,13). The Balaban J connectivity index is 2.75. The third-order valence-electron chi connectivity index (χ3n) is 2.79. The first-order chi connectivity index (χ1) is 6.32. The van der Waals surface area contributed by atoms with E-state index < -0.39 is 0 Å². The molecule has 2 amide bonds. The first-order valence-electron chi connectivity index (χ1n) is 4.88. The van der Waals surface area contributed by atoms with Gasteiger partial charge in [-0.3, -0.25) is 9.59 Å². The molecule has 0 bridgehead atoms. The molecular weight excluding hydrogens is 180 g/mol. The minimum Gasteiger partial charge on any atom is -0.345 e. The number of piperazine rings is 1. The molecule has 1 aliphatic rings. The number of rotatable bonds is 1. The van der Waals surface area contributed by atoms with Crippen LogP contribution < -0.4 is 5.32 Å². The van der Waals surface area contributed by atoms with Gasteiger partial charge in [0.2, 0.25) is 11.8 Å². The Morgan fingerprint density at radius 1 is 1.36 bits per heavy atom. The molecule has 0 aromatic carbocycles. The molecule has 1 saturated heterocycles. The van der Waals surface area contributed by atoms with Crippen molar-refractivity contribution in [2.24, 2.45) is 5.41 Å². The van der Waals surface area contributed by atoms with Gasteiger partial charge in [0.15, 0.2) is 0 Å². The summed E-state index contributed by atoms with van der Waals surface area (Å²) in [5, 5.41) is 2.54. The number of carbonyl (C=O) groups is 2. The van der Waals surface area contributed by atoms with Crippen molar-refractivity contribution in [3.05, 3.63) is 0 Å². The van der Waals surface area contributed by atoms with Gasteiger partial charge in [-0.15, -0.1) is 0 Å². The zero-order chi connectivity index (χ0) is 10.9. The first kappa shape index (κ1) is 11.0. The van der Waals surface area contributed by atoms with Crippen molar-refractivity contribution in [3.8, 4) is 0 Å². The van der Waals surface area contributed by atoms with Crippen LogP contribution in [0, 0.1) is 5.41 Å². The van der Waals surface area contributed by atoms with Crippen molar-refractivity contribution in [2.45, 2.75) is 33.7 Å². The van der Waals surface area contributed by atoms with Crippen molar-refractivity contribution in [2.75, 3.05) is 13.1 Å². The van der Waals surface area contributed by atoms with Gasteiger partial charge in [0, 0.05) is 6.04 Å². The molecule has 1 N–H and O–H groups in total. The molecule has 0 aliphatic carbocycles. The molecule has 1 rings (SSSR count). The van der Waals surface area contributed by atoms with E-state index in [-0.39, 0.29) is 36.4 Å². The molecule has 14 heavy (non-hydrogen) atoms. The van der Waals surface area contributed by atoms with Crippen molar-refractivity contribution in [1.82, 2.24) is 10.2 Å². The van der Waals surface area contributed by atoms with Crippen LogP contribution in [0.25, 0.3) is 0 Å². The lowest BCUT2D eigenvalue weighted by Crippen LogP contribution is -2.57. The van der Waals surface area contributed by atoms with Gasteiger partial charge >= 0.3 is 0 Å². The van der Waals surface area contributed by atoms with Gasteiger partial charge in [-0.1, -0.05) is 20.8 Å². The normalized spacial score (nSPS) is 20.7. The highest BCUT2D eigenvalue weighted by molar-refractivity contribution is 5.92. The maximum Gasteiger partial charge on any atom is 0.242 e. The van der Waals surface area contributed by atoms with Crippen LogP contribution in [0.15, 0.2) is 0 Å². The number of amides is 2. The molecular formula is C10H18N2O2. The molecule has 0 aromatic heterocycles. The lowest BCUT2D eigenvalue weighted by atomic mass is 9.86. The van der Waals surface area contributed by atoms with Crippen LogP contribution in [0.3, 0.4) is 0 Å². The Bertz CT molecular complexity index is 255. The summed E-state index contributed by atoms with van der Waals surface area (Å²) >= 11 is 0. The average Bonchev–Trinajstić information content (AvgIpc) is 2.06. The third-order valence-corrected chi connectivity index (χ3v) is 2.79. The fourth-order valence-electron chi connectivity index (χ4n) is 1.39. The Labute approximate surface area is 84.7 Å². The van der Waals surface area contributed by atoms with Gasteiger partial charge in [-0.2, -0.15) is 0 Å². The molecule has 0 radical (unpaired) electrons. The van der Waals surface area contributed by atoms with Crippen molar-refractivity contribution < 1.29 is 9.59 Å². The Morgan fingerprint density at radius 3 is 2.43 bits per heavy atom. The second-order valence-electron chi connectivity index (χ2n) is 4.84. The molecule has 0 spiro atoms. The van der Waals surface area contributed by atoms with Gasteiger partial charge in [-0.05, 0) is 12.3 Å². The summed E-state index contributed by atoms with van der Waals surface area (Å²) in [7, 11) is 0. The number of nitrogens with one attached hydrogen (secondary N) is 1. The Hall–Kier alpha value is -1.06. The van der Waals surface area contributed by atoms with Crippen LogP contribution in [0.5, 0.6) is 0 Å². The summed E-state index contributed by atoms with van der Waals surface area (Å²) in [5.74, 6) is -0.0623. The number of nitrogens with zero attached hydrogens (tertiary/aromatic N) is 1. The van der Waals surface area contributed by atoms with E-state index in [9.17, 15) is 9.59 Å². The van der Waals surface area contributed by atoms with Gasteiger partial charge in [0.25, 0.3) is 0 Å². The van der Waals surface area contributed by atoms with E-state index in [1.165, 1.54) is 0 Å². The quantitative estimate of drug-likeness (QED) is 0.662. The second kappa shape index (κ2) is 3.59. The van der Waals surface area contributed by atoms with Gasteiger partial charge in [0.1, 0.15) is 0 Å². The molecule has 1 heterocycles. The van der Waals surface area contributed by atoms with E-state index in [1.807, 2.05) is 6.92 Å². The average molecular weight is 198 g/mol. The minimum atomic E-state index is -0.0688. The van der Waals surface area contributed by atoms with Crippen LogP contribution in [0.2, 0.25) is 0 Å². The van der Waals surface area contributed by atoms with Gasteiger partial charge in [-0.25, -0.2) is 0 Å². The predicted molar refractivity (Wildman–Crippen MR) is 53.6 cm³/mol. The fraction of sp³-hybridized carbons (Fsp3) is 0.800. The van der Waals surface area contributed by atoms with Crippen LogP contribution in [-0.2, 0) is 9.59 Å². The maximum absolute atomic E-state index is 11.5. The Morgan fingerprint density at radius 2 is 1.93 bits per heavy atom. The molecule has 1 unspecified atom stereocenters. The van der Waals surface area contributed by atoms with E-state index in [0.717, 1.165) is 0 Å². The second-order valence-corrected chi connectivity index (χ2v) is 4.84. The molecule has 4 heteroatoms. The molecule has 1 aliphatic heterocycles. The third kappa shape index (κ3) is 2.25. The summed E-state index contributed by atoms with van der Waals surface area (Å²) in [5.41, 5.74) is 0.00722. The molecule has 0 aromatic rings. The first-order valence-corrected chi connectivity index (χ1v) is 4.88. The molecule has 4 nitrogen and oxygen atoms in total. The summed E-state index contributed by atoms with van der Waals surface area (Å²) in [4.78, 5) is 24.3. The summed E-state index contributed by atoms with van der Waals surface area (Å²) in [6, 6.07) is 0.0843. The van der Waals surface area contributed by atoms with E-state index >= 15 is 0 Å². The minimum absolute atomic E-state index is 0.00650. The Kier molecular flexibility index (Phi) is 2.83. The zero-order valence-corrected chi connectivity index (χ0v) is 9.26. The summed E-state index contributed by atoms with van der Waals surface area (Å²) < 4.78 is 0. The number of hydrogen-bond donors (Lipinski definition) is 1. The summed E-state index contributed by atoms with van der Waals surface area (Å²) in [6.07, 6.45) is 0. The lowest BCUT2D eigenvalue weighted by molar-refractivity contribution is -0.144. The van der Waals surface area contributed by atoms with Gasteiger partial charge < -0.3 is 10.2 Å². The molecule has 80 valence electrons. The summed E-state index contributed by atoms with van der Waals surface area (Å²) in [6.45, 7) is 8.51. The van der Waals surface area contributed by atoms with E-state index in [1.54, 1.807) is 4.90 Å². The van der Waals surface area contributed by atoms with E-state index in [2.05, 4.69) is 26.1 Å². The highest BCUT2D eigenvalue weighted by Crippen LogP contribution is 2.24. The highest BCUT2D eigenvalue weighted by atomic mass is 16.2. The number of hydrogen-bond acceptors (Lipinski definition) is 2. The maximum atomic E-state index is 11.5. The highest BCUT2D eigenvalue weighted by Gasteiger charge is 2.33. The van der Waals surface area contributed by atoms with Crippen LogP contribution in [0.1, 0.15) is 27.7 Å². The van der Waals surface area contributed by atoms with Crippen molar-refractivity contribution in [1.29, 1.82) is 0 Å². The van der Waals surface area contributed by atoms with Gasteiger partial charge in [0.05, 0.1) is 13.1 Å². The molecule has 1 fully saturated rings. The largest absolute Gasteiger partial charge is 0.345 e. The lowest BCUT2D eigenvalue weighted by Gasteiger charge is -2.39. The predicted octanol–water partition coefficient (Wildman–Crippen LogP) is 0.379.